The molecule has 1 unspecified atom stereocenters. The van der Waals surface area contributed by atoms with Crippen molar-refractivity contribution in [1.82, 2.24) is 10.1 Å². The van der Waals surface area contributed by atoms with E-state index in [0.29, 0.717) is 19.4 Å². The van der Waals surface area contributed by atoms with Gasteiger partial charge in [-0.3, -0.25) is 14.6 Å². The van der Waals surface area contributed by atoms with Gasteiger partial charge in [0.2, 0.25) is 5.91 Å². The molecule has 0 saturated carbocycles. The van der Waals surface area contributed by atoms with Crippen molar-refractivity contribution in [2.24, 2.45) is 11.6 Å². The van der Waals surface area contributed by atoms with Crippen LogP contribution < -0.4 is 16.7 Å². The molecule has 2 rings (SSSR count). The summed E-state index contributed by atoms with van der Waals surface area (Å²) in [6.45, 7) is 0.384. The Bertz CT molecular complexity index is 581. The molecular weight excluding hydrogens is 303 g/mol. The third kappa shape index (κ3) is 3.74. The van der Waals surface area contributed by atoms with Gasteiger partial charge in [0.05, 0.1) is 0 Å². The van der Waals surface area contributed by atoms with Crippen LogP contribution in [0.15, 0.2) is 30.3 Å². The molecule has 1 saturated heterocycles. The number of carbonyl (C=O) groups excluding carboxylic acids is 2. The van der Waals surface area contributed by atoms with E-state index < -0.39 is 19.1 Å². The van der Waals surface area contributed by atoms with E-state index >= 15 is 0 Å². The van der Waals surface area contributed by atoms with Gasteiger partial charge in [-0.2, -0.15) is 0 Å². The number of hydrogen-bond donors (Lipinski definition) is 3. The van der Waals surface area contributed by atoms with Gasteiger partial charge in [0.15, 0.2) is 13.2 Å². The minimum absolute atomic E-state index is 0.191. The summed E-state index contributed by atoms with van der Waals surface area (Å²) in [5.74, 6) is 4.57. The molecule has 0 bridgehead atoms. The van der Waals surface area contributed by atoms with Crippen molar-refractivity contribution in [2.75, 3.05) is 6.54 Å². The SMILES string of the molecule is NN1CCC[C@](N)([PH](=O)NC(=O)CCc2ccccc2)C1=O. The Balaban J connectivity index is 1.90. The lowest BCUT2D eigenvalue weighted by Crippen LogP contribution is -2.60. The van der Waals surface area contributed by atoms with Gasteiger partial charge >= 0.3 is 0 Å². The van der Waals surface area contributed by atoms with E-state index in [1.807, 2.05) is 30.3 Å². The third-order valence-corrected chi connectivity index (χ3v) is 5.53. The van der Waals surface area contributed by atoms with Crippen LogP contribution in [0, 0.1) is 0 Å². The zero-order valence-corrected chi connectivity index (χ0v) is 13.2. The molecule has 0 aromatic heterocycles. The molecule has 5 N–H and O–H groups in total. The van der Waals surface area contributed by atoms with Gasteiger partial charge in [0.1, 0.15) is 0 Å². The van der Waals surface area contributed by atoms with Gasteiger partial charge in [-0.15, -0.1) is 0 Å². The van der Waals surface area contributed by atoms with E-state index in [2.05, 4.69) is 5.09 Å². The van der Waals surface area contributed by atoms with E-state index in [-0.39, 0.29) is 18.7 Å². The monoisotopic (exact) mass is 324 g/mol. The number of carbonyl (C=O) groups is 2. The number of nitrogens with one attached hydrogen (secondary N) is 1. The summed E-state index contributed by atoms with van der Waals surface area (Å²) in [6.07, 6.45) is 1.55. The van der Waals surface area contributed by atoms with E-state index in [1.165, 1.54) is 0 Å². The van der Waals surface area contributed by atoms with E-state index in [9.17, 15) is 14.2 Å². The predicted octanol–water partition coefficient (Wildman–Crippen LogP) is 0.361. The van der Waals surface area contributed by atoms with Crippen molar-refractivity contribution >= 4 is 19.8 Å². The smallest absolute Gasteiger partial charge is 0.265 e. The second kappa shape index (κ2) is 7.05. The Morgan fingerprint density at radius 3 is 2.73 bits per heavy atom. The summed E-state index contributed by atoms with van der Waals surface area (Å²) in [4.78, 5) is 23.9. The minimum Gasteiger partial charge on any atom is -0.310 e. The molecule has 1 aromatic rings. The Morgan fingerprint density at radius 1 is 1.36 bits per heavy atom. The molecule has 8 heteroatoms. The number of nitrogens with two attached hydrogens (primary N) is 2. The number of piperidine rings is 1. The number of hydrazine groups is 1. The Morgan fingerprint density at radius 2 is 2.05 bits per heavy atom. The molecule has 2 amide bonds. The minimum atomic E-state index is -2.82. The molecule has 1 fully saturated rings. The summed E-state index contributed by atoms with van der Waals surface area (Å²) in [6, 6.07) is 9.51. The van der Waals surface area contributed by atoms with Crippen LogP contribution in [0.4, 0.5) is 0 Å². The summed E-state index contributed by atoms with van der Waals surface area (Å²) < 4.78 is 12.3. The first kappa shape index (κ1) is 16.7. The maximum atomic E-state index is 12.3. The van der Waals surface area contributed by atoms with Crippen molar-refractivity contribution in [3.8, 4) is 0 Å². The zero-order chi connectivity index (χ0) is 16.2. The molecule has 120 valence electrons. The molecule has 7 nitrogen and oxygen atoms in total. The number of rotatable bonds is 5. The van der Waals surface area contributed by atoms with Gasteiger partial charge in [-0.05, 0) is 24.8 Å². The number of aryl methyl sites for hydroxylation is 1. The van der Waals surface area contributed by atoms with Crippen molar-refractivity contribution in [3.05, 3.63) is 35.9 Å². The lowest BCUT2D eigenvalue weighted by Gasteiger charge is -2.36. The highest BCUT2D eigenvalue weighted by atomic mass is 31.1. The maximum Gasteiger partial charge on any atom is 0.265 e. The van der Waals surface area contributed by atoms with Crippen LogP contribution in [0.1, 0.15) is 24.8 Å². The van der Waals surface area contributed by atoms with Crippen LogP contribution in [0.3, 0.4) is 0 Å². The van der Waals surface area contributed by atoms with Gasteiger partial charge in [-0.1, -0.05) is 30.3 Å². The maximum absolute atomic E-state index is 12.3. The predicted molar refractivity (Wildman–Crippen MR) is 84.0 cm³/mol. The van der Waals surface area contributed by atoms with E-state index in [4.69, 9.17) is 11.6 Å². The number of hydrogen-bond acceptors (Lipinski definition) is 5. The van der Waals surface area contributed by atoms with Crippen LogP contribution in [0.5, 0.6) is 0 Å². The first-order chi connectivity index (χ1) is 10.4. The molecule has 1 aromatic carbocycles. The van der Waals surface area contributed by atoms with Crippen LogP contribution in [-0.2, 0) is 20.6 Å². The zero-order valence-electron chi connectivity index (χ0n) is 12.2. The summed E-state index contributed by atoms with van der Waals surface area (Å²) in [5, 5.41) is 1.80. The lowest BCUT2D eigenvalue weighted by atomic mass is 10.1. The Labute approximate surface area is 129 Å². The standard InChI is InChI=1S/C14H21N4O3P/c15-14(9-4-10-18(16)13(14)20)22(21)17-12(19)8-7-11-5-2-1-3-6-11/h1-3,5-6,22H,4,7-10,15-16H2,(H,17,19,21)/t14-/m0/s1. The second-order valence-corrected chi connectivity index (χ2v) is 7.24. The van der Waals surface area contributed by atoms with Gasteiger partial charge in [-0.25, -0.2) is 5.84 Å². The molecule has 0 aliphatic carbocycles. The highest BCUT2D eigenvalue weighted by Gasteiger charge is 2.45. The topological polar surface area (TPSA) is 119 Å². The molecule has 22 heavy (non-hydrogen) atoms. The highest BCUT2D eigenvalue weighted by Crippen LogP contribution is 2.38. The molecule has 0 radical (unpaired) electrons. The summed E-state index contributed by atoms with van der Waals surface area (Å²) >= 11 is 0. The van der Waals surface area contributed by atoms with Crippen LogP contribution in [0.25, 0.3) is 0 Å². The molecular formula is C14H21N4O3P. The van der Waals surface area contributed by atoms with Crippen molar-refractivity contribution < 1.29 is 14.2 Å². The third-order valence-electron chi connectivity index (χ3n) is 3.75. The number of nitrogens with zero attached hydrogens (tertiary/aromatic N) is 1. The summed E-state index contributed by atoms with van der Waals surface area (Å²) in [7, 11) is -2.82. The van der Waals surface area contributed by atoms with Crippen LogP contribution in [-0.4, -0.2) is 28.6 Å². The Hall–Kier alpha value is -1.69. The first-order valence-electron chi connectivity index (χ1n) is 7.17. The van der Waals surface area contributed by atoms with E-state index in [1.54, 1.807) is 0 Å². The molecule has 1 aliphatic heterocycles. The number of benzene rings is 1. The Kier molecular flexibility index (Phi) is 5.34. The normalized spacial score (nSPS) is 23.2. The average Bonchev–Trinajstić information content (AvgIpc) is 2.51. The van der Waals surface area contributed by atoms with Gasteiger partial charge in [0, 0.05) is 13.0 Å². The fraction of sp³-hybridized carbons (Fsp3) is 0.429. The fourth-order valence-corrected chi connectivity index (χ4v) is 3.75. The quantitative estimate of drug-likeness (QED) is 0.410. The van der Waals surface area contributed by atoms with Gasteiger partial charge < -0.3 is 15.4 Å². The van der Waals surface area contributed by atoms with Crippen LogP contribution in [0.2, 0.25) is 0 Å². The average molecular weight is 324 g/mol. The molecule has 0 spiro atoms. The van der Waals surface area contributed by atoms with Crippen molar-refractivity contribution in [2.45, 2.75) is 31.0 Å². The largest absolute Gasteiger partial charge is 0.310 e. The molecule has 2 atom stereocenters. The van der Waals surface area contributed by atoms with Crippen molar-refractivity contribution in [1.29, 1.82) is 0 Å². The highest BCUT2D eigenvalue weighted by molar-refractivity contribution is 7.46. The van der Waals surface area contributed by atoms with Crippen LogP contribution >= 0.6 is 7.95 Å². The lowest BCUT2D eigenvalue weighted by molar-refractivity contribution is -0.136. The summed E-state index contributed by atoms with van der Waals surface area (Å²) in [5.41, 5.74) is 6.95. The van der Waals surface area contributed by atoms with Crippen molar-refractivity contribution in [3.63, 3.8) is 0 Å². The molecule has 1 heterocycles. The first-order valence-corrected chi connectivity index (χ1v) is 8.58. The van der Waals surface area contributed by atoms with E-state index in [0.717, 1.165) is 10.6 Å². The fourth-order valence-electron chi connectivity index (χ4n) is 2.41. The van der Waals surface area contributed by atoms with Gasteiger partial charge in [0.25, 0.3) is 5.91 Å². The molecule has 1 aliphatic rings. The second-order valence-electron chi connectivity index (χ2n) is 5.44. The number of amides is 2.